The Kier molecular flexibility index (Phi) is 3.24. The summed E-state index contributed by atoms with van der Waals surface area (Å²) in [6.07, 6.45) is 1.43. The Balaban J connectivity index is 1.99. The Morgan fingerprint density at radius 2 is 1.95 bits per heavy atom. The summed E-state index contributed by atoms with van der Waals surface area (Å²) in [7, 11) is 0. The van der Waals surface area contributed by atoms with Gasteiger partial charge in [0.15, 0.2) is 5.79 Å². The van der Waals surface area contributed by atoms with Crippen LogP contribution in [0.4, 0.5) is 19.0 Å². The van der Waals surface area contributed by atoms with E-state index in [9.17, 15) is 13.2 Å². The SMILES string of the molecule is NC1(c2cncnc2)NC(=NCC(F)(F)F)c2cc[nH]c2N1. The Bertz CT molecular complexity index is 694. The van der Waals surface area contributed by atoms with Gasteiger partial charge in [-0.15, -0.1) is 0 Å². The molecule has 0 saturated heterocycles. The second-order valence-corrected chi connectivity index (χ2v) is 4.73. The van der Waals surface area contributed by atoms with E-state index < -0.39 is 18.5 Å². The van der Waals surface area contributed by atoms with Gasteiger partial charge in [-0.3, -0.25) is 10.7 Å². The maximum Gasteiger partial charge on any atom is 0.408 e. The molecule has 1 atom stereocenters. The van der Waals surface area contributed by atoms with Gasteiger partial charge in [-0.25, -0.2) is 9.97 Å². The Hall–Kier alpha value is -2.62. The first-order valence-electron chi connectivity index (χ1n) is 6.27. The van der Waals surface area contributed by atoms with Crippen LogP contribution in [-0.4, -0.2) is 33.5 Å². The number of anilines is 1. The van der Waals surface area contributed by atoms with Crippen LogP contribution in [0.1, 0.15) is 11.1 Å². The van der Waals surface area contributed by atoms with Gasteiger partial charge in [0, 0.05) is 24.2 Å². The normalized spacial score (nSPS) is 22.8. The molecule has 0 fully saturated rings. The average molecular weight is 311 g/mol. The molecule has 1 aliphatic heterocycles. The van der Waals surface area contributed by atoms with Crippen molar-refractivity contribution in [3.05, 3.63) is 42.1 Å². The minimum absolute atomic E-state index is 0.0404. The molecule has 0 spiro atoms. The summed E-state index contributed by atoms with van der Waals surface area (Å²) >= 11 is 0. The smallest absolute Gasteiger partial charge is 0.348 e. The number of amidine groups is 1. The van der Waals surface area contributed by atoms with Crippen molar-refractivity contribution in [2.24, 2.45) is 10.7 Å². The van der Waals surface area contributed by atoms with Crippen molar-refractivity contribution in [2.75, 3.05) is 11.9 Å². The zero-order valence-corrected chi connectivity index (χ0v) is 11.1. The fourth-order valence-electron chi connectivity index (χ4n) is 2.09. The highest BCUT2D eigenvalue weighted by Crippen LogP contribution is 2.27. The third-order valence-corrected chi connectivity index (χ3v) is 3.07. The summed E-state index contributed by atoms with van der Waals surface area (Å²) in [5.74, 6) is -0.867. The van der Waals surface area contributed by atoms with E-state index in [0.29, 0.717) is 16.9 Å². The van der Waals surface area contributed by atoms with Gasteiger partial charge in [0.25, 0.3) is 0 Å². The number of nitrogens with zero attached hydrogens (tertiary/aromatic N) is 3. The third kappa shape index (κ3) is 2.72. The molecule has 2 aromatic heterocycles. The van der Waals surface area contributed by atoms with E-state index >= 15 is 0 Å². The van der Waals surface area contributed by atoms with Crippen LogP contribution in [0.25, 0.3) is 0 Å². The fourth-order valence-corrected chi connectivity index (χ4v) is 2.09. The minimum atomic E-state index is -4.40. The standard InChI is InChI=1S/C12H12F3N7/c13-11(14,15)5-20-10-8-1-2-19-9(8)21-12(16,22-10)7-3-17-6-18-4-7/h1-4,6,19,21H,5,16H2,(H,20,22). The monoisotopic (exact) mass is 311 g/mol. The quantitative estimate of drug-likeness (QED) is 0.659. The number of halogens is 3. The maximum atomic E-state index is 12.4. The molecule has 1 unspecified atom stereocenters. The molecule has 0 aliphatic carbocycles. The molecule has 7 nitrogen and oxygen atoms in total. The number of hydrogen-bond acceptors (Lipinski definition) is 5. The van der Waals surface area contributed by atoms with E-state index in [4.69, 9.17) is 5.73 Å². The topological polar surface area (TPSA) is 104 Å². The molecular weight excluding hydrogens is 299 g/mol. The number of H-pyrrole nitrogens is 1. The average Bonchev–Trinajstić information content (AvgIpc) is 2.93. The molecule has 0 saturated carbocycles. The van der Waals surface area contributed by atoms with Gasteiger partial charge in [0.2, 0.25) is 0 Å². The molecule has 1 aliphatic rings. The number of hydrogen-bond donors (Lipinski definition) is 4. The first kappa shape index (κ1) is 14.3. The van der Waals surface area contributed by atoms with Crippen molar-refractivity contribution in [3.8, 4) is 0 Å². The number of fused-ring (bicyclic) bond motifs is 1. The largest absolute Gasteiger partial charge is 0.408 e. The predicted molar refractivity (Wildman–Crippen MR) is 72.9 cm³/mol. The zero-order valence-electron chi connectivity index (χ0n) is 11.1. The maximum absolute atomic E-state index is 12.4. The van der Waals surface area contributed by atoms with Crippen LogP contribution in [0, 0.1) is 0 Å². The van der Waals surface area contributed by atoms with Gasteiger partial charge in [0.05, 0.1) is 5.56 Å². The van der Waals surface area contributed by atoms with Crippen molar-refractivity contribution >= 4 is 11.7 Å². The number of aromatic amines is 1. The molecule has 0 aromatic carbocycles. The van der Waals surface area contributed by atoms with E-state index in [1.807, 2.05) is 0 Å². The minimum Gasteiger partial charge on any atom is -0.348 e. The zero-order chi connectivity index (χ0) is 15.8. The van der Waals surface area contributed by atoms with E-state index in [2.05, 4.69) is 30.6 Å². The molecule has 2 aromatic rings. The molecule has 0 radical (unpaired) electrons. The fraction of sp³-hybridized carbons (Fsp3) is 0.250. The van der Waals surface area contributed by atoms with Crippen molar-refractivity contribution < 1.29 is 13.2 Å². The highest BCUT2D eigenvalue weighted by Gasteiger charge is 2.36. The number of nitrogens with two attached hydrogens (primary N) is 1. The number of nitrogens with one attached hydrogen (secondary N) is 3. The van der Waals surface area contributed by atoms with E-state index in [1.54, 1.807) is 12.3 Å². The van der Waals surface area contributed by atoms with Crippen LogP contribution in [0.3, 0.4) is 0 Å². The van der Waals surface area contributed by atoms with Gasteiger partial charge in [-0.1, -0.05) is 0 Å². The summed E-state index contributed by atoms with van der Waals surface area (Å²) in [4.78, 5) is 14.2. The Morgan fingerprint density at radius 1 is 1.23 bits per heavy atom. The van der Waals surface area contributed by atoms with Crippen molar-refractivity contribution in [2.45, 2.75) is 12.0 Å². The number of aliphatic imine (C=N–C) groups is 1. The molecule has 0 amide bonds. The summed E-state index contributed by atoms with van der Waals surface area (Å²) in [6.45, 7) is -1.30. The molecule has 3 heterocycles. The lowest BCUT2D eigenvalue weighted by molar-refractivity contribution is -0.118. The van der Waals surface area contributed by atoms with Gasteiger partial charge in [-0.2, -0.15) is 13.2 Å². The van der Waals surface area contributed by atoms with E-state index in [1.165, 1.54) is 18.7 Å². The van der Waals surface area contributed by atoms with Crippen LogP contribution in [0.2, 0.25) is 0 Å². The van der Waals surface area contributed by atoms with Gasteiger partial charge < -0.3 is 15.6 Å². The molecule has 116 valence electrons. The van der Waals surface area contributed by atoms with E-state index in [-0.39, 0.29) is 5.84 Å². The Morgan fingerprint density at radius 3 is 2.64 bits per heavy atom. The van der Waals surface area contributed by atoms with Crippen LogP contribution in [-0.2, 0) is 5.79 Å². The summed E-state index contributed by atoms with van der Waals surface area (Å²) in [5, 5.41) is 5.74. The second-order valence-electron chi connectivity index (χ2n) is 4.73. The first-order valence-corrected chi connectivity index (χ1v) is 6.27. The lowest BCUT2D eigenvalue weighted by Crippen LogP contribution is -2.61. The third-order valence-electron chi connectivity index (χ3n) is 3.07. The summed E-state index contributed by atoms with van der Waals surface area (Å²) < 4.78 is 37.3. The summed E-state index contributed by atoms with van der Waals surface area (Å²) in [5.41, 5.74) is 7.13. The molecule has 22 heavy (non-hydrogen) atoms. The lowest BCUT2D eigenvalue weighted by atomic mass is 10.1. The number of rotatable bonds is 2. The first-order chi connectivity index (χ1) is 10.4. The van der Waals surface area contributed by atoms with Crippen molar-refractivity contribution in [3.63, 3.8) is 0 Å². The molecule has 5 N–H and O–H groups in total. The molecule has 3 rings (SSSR count). The highest BCUT2D eigenvalue weighted by atomic mass is 19.4. The number of alkyl halides is 3. The van der Waals surface area contributed by atoms with Gasteiger partial charge in [0.1, 0.15) is 24.5 Å². The predicted octanol–water partition coefficient (Wildman–Crippen LogP) is 0.898. The molecule has 10 heteroatoms. The van der Waals surface area contributed by atoms with Crippen LogP contribution in [0.5, 0.6) is 0 Å². The number of aromatic nitrogens is 3. The lowest BCUT2D eigenvalue weighted by Gasteiger charge is -2.37. The van der Waals surface area contributed by atoms with Gasteiger partial charge in [-0.05, 0) is 6.07 Å². The molecular formula is C12H12F3N7. The van der Waals surface area contributed by atoms with Crippen LogP contribution in [0.15, 0.2) is 36.0 Å². The second kappa shape index (κ2) is 4.98. The van der Waals surface area contributed by atoms with Crippen molar-refractivity contribution in [1.29, 1.82) is 0 Å². The highest BCUT2D eigenvalue weighted by molar-refractivity contribution is 6.05. The van der Waals surface area contributed by atoms with Crippen LogP contribution >= 0.6 is 0 Å². The molecule has 0 bridgehead atoms. The van der Waals surface area contributed by atoms with Gasteiger partial charge >= 0.3 is 6.18 Å². The Labute approximate surface area is 122 Å². The summed E-state index contributed by atoms with van der Waals surface area (Å²) in [6, 6.07) is 1.60. The van der Waals surface area contributed by atoms with Crippen molar-refractivity contribution in [1.82, 2.24) is 20.3 Å². The van der Waals surface area contributed by atoms with E-state index in [0.717, 1.165) is 0 Å². The van der Waals surface area contributed by atoms with Crippen LogP contribution < -0.4 is 16.4 Å².